The van der Waals surface area contributed by atoms with Gasteiger partial charge in [-0.05, 0) is 37.2 Å². The summed E-state index contributed by atoms with van der Waals surface area (Å²) in [6.45, 7) is 4.02. The summed E-state index contributed by atoms with van der Waals surface area (Å²) in [5, 5.41) is 20.1. The summed E-state index contributed by atoms with van der Waals surface area (Å²) in [5.74, 6) is -0.334. The van der Waals surface area contributed by atoms with E-state index in [0.29, 0.717) is 10.6 Å². The summed E-state index contributed by atoms with van der Waals surface area (Å²) in [6, 6.07) is 11.2. The van der Waals surface area contributed by atoms with Crippen molar-refractivity contribution in [1.29, 1.82) is 10.5 Å². The molecule has 0 aromatic heterocycles. The molecule has 1 aromatic carbocycles. The SMILES string of the molecule is CC(NCCN1C(=O)S/C(=C\c2ccc(C)cc2)C1=O)=C(C#N)C#N. The molecular formula is C18H16N4O2S. The van der Waals surface area contributed by atoms with Crippen molar-refractivity contribution in [1.82, 2.24) is 10.2 Å². The van der Waals surface area contributed by atoms with Crippen molar-refractivity contribution in [3.8, 4) is 12.1 Å². The Labute approximate surface area is 150 Å². The van der Waals surface area contributed by atoms with E-state index < -0.39 is 0 Å². The molecule has 1 fully saturated rings. The van der Waals surface area contributed by atoms with Crippen LogP contribution in [0.2, 0.25) is 0 Å². The van der Waals surface area contributed by atoms with E-state index in [4.69, 9.17) is 10.5 Å². The molecule has 25 heavy (non-hydrogen) atoms. The molecule has 0 saturated carbocycles. The first-order valence-corrected chi connectivity index (χ1v) is 8.35. The number of nitriles is 2. The number of rotatable bonds is 5. The molecule has 1 aliphatic rings. The van der Waals surface area contributed by atoms with Crippen molar-refractivity contribution in [2.75, 3.05) is 13.1 Å². The Morgan fingerprint density at radius 2 is 1.88 bits per heavy atom. The molecule has 0 unspecified atom stereocenters. The van der Waals surface area contributed by atoms with E-state index in [2.05, 4.69) is 5.32 Å². The van der Waals surface area contributed by atoms with Gasteiger partial charge in [-0.25, -0.2) is 0 Å². The molecule has 6 nitrogen and oxygen atoms in total. The van der Waals surface area contributed by atoms with Gasteiger partial charge in [0.15, 0.2) is 0 Å². The van der Waals surface area contributed by atoms with Crippen LogP contribution in [0.5, 0.6) is 0 Å². The number of nitrogens with one attached hydrogen (secondary N) is 1. The van der Waals surface area contributed by atoms with E-state index >= 15 is 0 Å². The van der Waals surface area contributed by atoms with Crippen molar-refractivity contribution in [2.24, 2.45) is 0 Å². The fourth-order valence-electron chi connectivity index (χ4n) is 2.14. The van der Waals surface area contributed by atoms with E-state index in [0.717, 1.165) is 27.8 Å². The summed E-state index contributed by atoms with van der Waals surface area (Å²) in [6.07, 6.45) is 1.70. The number of carbonyl (C=O) groups excluding carboxylic acids is 2. The minimum Gasteiger partial charge on any atom is -0.385 e. The fourth-order valence-corrected chi connectivity index (χ4v) is 3.01. The number of nitrogens with zero attached hydrogens (tertiary/aromatic N) is 3. The van der Waals surface area contributed by atoms with Crippen LogP contribution in [0.25, 0.3) is 6.08 Å². The number of carbonyl (C=O) groups is 2. The predicted molar refractivity (Wildman–Crippen MR) is 95.8 cm³/mol. The monoisotopic (exact) mass is 352 g/mol. The molecular weight excluding hydrogens is 336 g/mol. The average molecular weight is 352 g/mol. The van der Waals surface area contributed by atoms with E-state index in [9.17, 15) is 9.59 Å². The second-order valence-electron chi connectivity index (χ2n) is 5.39. The molecule has 2 amide bonds. The highest BCUT2D eigenvalue weighted by Gasteiger charge is 2.34. The highest BCUT2D eigenvalue weighted by Crippen LogP contribution is 2.31. The van der Waals surface area contributed by atoms with Gasteiger partial charge in [0, 0.05) is 18.8 Å². The zero-order chi connectivity index (χ0) is 18.4. The molecule has 1 heterocycles. The highest BCUT2D eigenvalue weighted by atomic mass is 32.2. The number of aryl methyl sites for hydroxylation is 1. The molecule has 1 N–H and O–H groups in total. The molecule has 126 valence electrons. The second kappa shape index (κ2) is 8.18. The van der Waals surface area contributed by atoms with Gasteiger partial charge < -0.3 is 5.32 Å². The molecule has 0 radical (unpaired) electrons. The smallest absolute Gasteiger partial charge is 0.293 e. The second-order valence-corrected chi connectivity index (χ2v) is 6.39. The van der Waals surface area contributed by atoms with Gasteiger partial charge in [0.05, 0.1) is 4.91 Å². The summed E-state index contributed by atoms with van der Waals surface area (Å²) in [5.41, 5.74) is 2.38. The molecule has 0 atom stereocenters. The maximum atomic E-state index is 12.4. The highest BCUT2D eigenvalue weighted by molar-refractivity contribution is 8.18. The molecule has 0 bridgehead atoms. The zero-order valence-corrected chi connectivity index (χ0v) is 14.7. The van der Waals surface area contributed by atoms with E-state index in [1.54, 1.807) is 25.1 Å². The molecule has 7 heteroatoms. The number of imide groups is 1. The van der Waals surface area contributed by atoms with Gasteiger partial charge in [0.1, 0.15) is 17.7 Å². The van der Waals surface area contributed by atoms with Crippen molar-refractivity contribution in [3.63, 3.8) is 0 Å². The predicted octanol–water partition coefficient (Wildman–Crippen LogP) is 2.94. The molecule has 1 saturated heterocycles. The first-order chi connectivity index (χ1) is 12.0. The van der Waals surface area contributed by atoms with Gasteiger partial charge >= 0.3 is 0 Å². The van der Waals surface area contributed by atoms with Crippen LogP contribution >= 0.6 is 11.8 Å². The lowest BCUT2D eigenvalue weighted by molar-refractivity contribution is -0.122. The number of thioether (sulfide) groups is 1. The van der Waals surface area contributed by atoms with Gasteiger partial charge in [-0.2, -0.15) is 10.5 Å². The van der Waals surface area contributed by atoms with Crippen LogP contribution in [0.4, 0.5) is 4.79 Å². The van der Waals surface area contributed by atoms with Crippen LogP contribution < -0.4 is 5.32 Å². The summed E-state index contributed by atoms with van der Waals surface area (Å²) < 4.78 is 0. The number of allylic oxidation sites excluding steroid dienone is 2. The van der Waals surface area contributed by atoms with Crippen LogP contribution in [-0.2, 0) is 4.79 Å². The topological polar surface area (TPSA) is 97.0 Å². The molecule has 2 rings (SSSR count). The van der Waals surface area contributed by atoms with Crippen molar-refractivity contribution >= 4 is 29.0 Å². The minimum atomic E-state index is -0.334. The molecule has 1 aromatic rings. The number of amides is 2. The largest absolute Gasteiger partial charge is 0.385 e. The zero-order valence-electron chi connectivity index (χ0n) is 13.9. The Morgan fingerprint density at radius 3 is 2.48 bits per heavy atom. The van der Waals surface area contributed by atoms with Crippen LogP contribution in [0.1, 0.15) is 18.1 Å². The van der Waals surface area contributed by atoms with E-state index in [1.165, 1.54) is 0 Å². The molecule has 0 aliphatic carbocycles. The number of benzene rings is 1. The van der Waals surface area contributed by atoms with Crippen LogP contribution in [0.3, 0.4) is 0 Å². The lowest BCUT2D eigenvalue weighted by Gasteiger charge is -2.13. The Bertz CT molecular complexity index is 825. The van der Waals surface area contributed by atoms with Crippen LogP contribution in [-0.4, -0.2) is 29.1 Å². The Kier molecular flexibility index (Phi) is 5.99. The first-order valence-electron chi connectivity index (χ1n) is 7.53. The van der Waals surface area contributed by atoms with Crippen LogP contribution in [0.15, 0.2) is 40.4 Å². The third-order valence-corrected chi connectivity index (χ3v) is 4.48. The third-order valence-electron chi connectivity index (χ3n) is 3.57. The standard InChI is InChI=1S/C18H16N4O2S/c1-12-3-5-14(6-4-12)9-16-17(23)22(18(24)25-16)8-7-21-13(2)15(10-19)11-20/h3-6,9,21H,7-8H2,1-2H3/b16-9-. The third kappa shape index (κ3) is 4.50. The number of hydrogen-bond acceptors (Lipinski definition) is 6. The maximum absolute atomic E-state index is 12.4. The van der Waals surface area contributed by atoms with Crippen LogP contribution in [0, 0.1) is 29.6 Å². The van der Waals surface area contributed by atoms with E-state index in [-0.39, 0.29) is 29.8 Å². The Morgan fingerprint density at radius 1 is 1.24 bits per heavy atom. The molecule has 1 aliphatic heterocycles. The van der Waals surface area contributed by atoms with Gasteiger partial charge in [-0.1, -0.05) is 29.8 Å². The summed E-state index contributed by atoms with van der Waals surface area (Å²) >= 11 is 0.909. The average Bonchev–Trinajstić information content (AvgIpc) is 2.85. The quantitative estimate of drug-likeness (QED) is 0.646. The summed E-state index contributed by atoms with van der Waals surface area (Å²) in [7, 11) is 0. The molecule has 0 spiro atoms. The summed E-state index contributed by atoms with van der Waals surface area (Å²) in [4.78, 5) is 26.0. The van der Waals surface area contributed by atoms with E-state index in [1.807, 2.05) is 31.2 Å². The lowest BCUT2D eigenvalue weighted by atomic mass is 10.1. The van der Waals surface area contributed by atoms with Crippen molar-refractivity contribution in [3.05, 3.63) is 51.6 Å². The van der Waals surface area contributed by atoms with Gasteiger partial charge in [-0.15, -0.1) is 0 Å². The maximum Gasteiger partial charge on any atom is 0.293 e. The van der Waals surface area contributed by atoms with Gasteiger partial charge in [-0.3, -0.25) is 14.5 Å². The van der Waals surface area contributed by atoms with Crippen molar-refractivity contribution < 1.29 is 9.59 Å². The lowest BCUT2D eigenvalue weighted by Crippen LogP contribution is -2.34. The fraction of sp³-hybridized carbons (Fsp3) is 0.222. The first kappa shape index (κ1) is 18.3. The Balaban J connectivity index is 2.02. The van der Waals surface area contributed by atoms with Gasteiger partial charge in [0.2, 0.25) is 0 Å². The Hall–Kier alpha value is -3.03. The minimum absolute atomic E-state index is 0.0200. The van der Waals surface area contributed by atoms with Gasteiger partial charge in [0.25, 0.3) is 11.1 Å². The normalized spacial score (nSPS) is 15.0. The number of hydrogen-bond donors (Lipinski definition) is 1. The van der Waals surface area contributed by atoms with Crippen molar-refractivity contribution in [2.45, 2.75) is 13.8 Å².